The molecule has 3 nitrogen and oxygen atoms in total. The minimum atomic E-state index is 1.03. The molecule has 12 heavy (non-hydrogen) atoms. The van der Waals surface area contributed by atoms with E-state index in [2.05, 4.69) is 53.5 Å². The molecule has 0 amide bonds. The SMILES string of the molecule is CC[n+]1c[n+](CC)c[n+](CC)c1. The molecule has 0 atom stereocenters. The van der Waals surface area contributed by atoms with Crippen LogP contribution in [0.2, 0.25) is 0 Å². The molecule has 3 heteroatoms. The van der Waals surface area contributed by atoms with Gasteiger partial charge in [-0.25, -0.2) is 0 Å². The molecule has 0 aliphatic carbocycles. The summed E-state index contributed by atoms with van der Waals surface area (Å²) in [5.41, 5.74) is 0. The number of nitrogens with zero attached hydrogens (tertiary/aromatic N) is 3. The van der Waals surface area contributed by atoms with Gasteiger partial charge >= 0.3 is 19.0 Å². The first kappa shape index (κ1) is 9.10. The maximum atomic E-state index is 2.19. The molecule has 0 aromatic carbocycles. The maximum Gasteiger partial charge on any atom is 0.416 e. The third kappa shape index (κ3) is 2.00. The van der Waals surface area contributed by atoms with E-state index in [1.807, 2.05) is 0 Å². The second-order valence-electron chi connectivity index (χ2n) is 2.84. The van der Waals surface area contributed by atoms with Crippen molar-refractivity contribution >= 4 is 0 Å². The zero-order valence-corrected chi connectivity index (χ0v) is 8.20. The molecule has 1 heterocycles. The summed E-state index contributed by atoms with van der Waals surface area (Å²) in [5, 5.41) is 0. The molecule has 0 saturated heterocycles. The highest BCUT2D eigenvalue weighted by atomic mass is 15.2. The lowest BCUT2D eigenvalue weighted by Crippen LogP contribution is -2.56. The van der Waals surface area contributed by atoms with Crippen molar-refractivity contribution in [3.63, 3.8) is 0 Å². The van der Waals surface area contributed by atoms with Crippen LogP contribution in [0.4, 0.5) is 0 Å². The van der Waals surface area contributed by atoms with Gasteiger partial charge in [-0.05, 0) is 20.8 Å². The smallest absolute Gasteiger partial charge is 0.0925 e. The Morgan fingerprint density at radius 2 is 0.917 bits per heavy atom. The fourth-order valence-corrected chi connectivity index (χ4v) is 1.15. The van der Waals surface area contributed by atoms with Crippen molar-refractivity contribution in [3.8, 4) is 0 Å². The van der Waals surface area contributed by atoms with Crippen LogP contribution in [0.15, 0.2) is 19.0 Å². The molecular formula is C9H18N3+3. The van der Waals surface area contributed by atoms with Crippen LogP contribution in [0.3, 0.4) is 0 Å². The second kappa shape index (κ2) is 4.14. The van der Waals surface area contributed by atoms with Crippen molar-refractivity contribution in [1.29, 1.82) is 0 Å². The van der Waals surface area contributed by atoms with Crippen LogP contribution in [-0.2, 0) is 19.6 Å². The number of hydrogen-bond acceptors (Lipinski definition) is 0. The van der Waals surface area contributed by atoms with Gasteiger partial charge in [-0.15, -0.1) is 0 Å². The highest BCUT2D eigenvalue weighted by Gasteiger charge is 2.14. The van der Waals surface area contributed by atoms with Crippen LogP contribution < -0.4 is 13.7 Å². The molecule has 0 spiro atoms. The Kier molecular flexibility index (Phi) is 3.14. The summed E-state index contributed by atoms with van der Waals surface area (Å²) in [6.45, 7) is 9.54. The molecule has 0 bridgehead atoms. The van der Waals surface area contributed by atoms with E-state index >= 15 is 0 Å². The minimum absolute atomic E-state index is 1.03. The monoisotopic (exact) mass is 168 g/mol. The van der Waals surface area contributed by atoms with Crippen LogP contribution in [0, 0.1) is 0 Å². The predicted octanol–water partition coefficient (Wildman–Crippen LogP) is -0.391. The molecular weight excluding hydrogens is 150 g/mol. The molecule has 0 N–H and O–H groups in total. The summed E-state index contributed by atoms with van der Waals surface area (Å²) < 4.78 is 6.56. The first-order valence-corrected chi connectivity index (χ1v) is 4.62. The van der Waals surface area contributed by atoms with Gasteiger partial charge in [0.25, 0.3) is 0 Å². The van der Waals surface area contributed by atoms with Crippen molar-refractivity contribution in [2.24, 2.45) is 0 Å². The first-order valence-electron chi connectivity index (χ1n) is 4.62. The Morgan fingerprint density at radius 3 is 1.08 bits per heavy atom. The summed E-state index contributed by atoms with van der Waals surface area (Å²) in [6.07, 6.45) is 6.39. The van der Waals surface area contributed by atoms with E-state index in [-0.39, 0.29) is 0 Å². The van der Waals surface area contributed by atoms with E-state index in [1.165, 1.54) is 0 Å². The fourth-order valence-electron chi connectivity index (χ4n) is 1.15. The van der Waals surface area contributed by atoms with Crippen LogP contribution in [-0.4, -0.2) is 0 Å². The van der Waals surface area contributed by atoms with E-state index < -0.39 is 0 Å². The molecule has 1 aromatic heterocycles. The minimum Gasteiger partial charge on any atom is -0.0925 e. The summed E-state index contributed by atoms with van der Waals surface area (Å²) >= 11 is 0. The molecule has 1 aromatic rings. The molecule has 66 valence electrons. The quantitative estimate of drug-likeness (QED) is 0.545. The van der Waals surface area contributed by atoms with E-state index in [4.69, 9.17) is 0 Å². The zero-order chi connectivity index (χ0) is 8.97. The van der Waals surface area contributed by atoms with Crippen LogP contribution in [0.5, 0.6) is 0 Å². The number of rotatable bonds is 3. The number of hydrogen-bond donors (Lipinski definition) is 0. The van der Waals surface area contributed by atoms with Gasteiger partial charge in [0, 0.05) is 0 Å². The van der Waals surface area contributed by atoms with Crippen LogP contribution >= 0.6 is 0 Å². The lowest BCUT2D eigenvalue weighted by Gasteiger charge is -1.90. The average Bonchev–Trinajstić information content (AvgIpc) is 2.16. The van der Waals surface area contributed by atoms with Gasteiger partial charge in [0.1, 0.15) is 0 Å². The summed E-state index contributed by atoms with van der Waals surface area (Å²) in [4.78, 5) is 0. The highest BCUT2D eigenvalue weighted by molar-refractivity contribution is 4.18. The van der Waals surface area contributed by atoms with Crippen molar-refractivity contribution in [1.82, 2.24) is 0 Å². The lowest BCUT2D eigenvalue weighted by molar-refractivity contribution is -0.939. The fraction of sp³-hybridized carbons (Fsp3) is 0.667. The molecule has 0 fully saturated rings. The summed E-state index contributed by atoms with van der Waals surface area (Å²) in [6, 6.07) is 0. The Morgan fingerprint density at radius 1 is 0.667 bits per heavy atom. The number of aryl methyl sites for hydroxylation is 3. The Labute approximate surface area is 73.9 Å². The highest BCUT2D eigenvalue weighted by Crippen LogP contribution is 1.65. The topological polar surface area (TPSA) is 11.6 Å². The Hall–Kier alpha value is -0.990. The van der Waals surface area contributed by atoms with Gasteiger partial charge in [0.05, 0.1) is 0 Å². The molecule has 0 aliphatic rings. The Bertz CT molecular complexity index is 203. The molecule has 0 saturated carbocycles. The second-order valence-corrected chi connectivity index (χ2v) is 2.84. The van der Waals surface area contributed by atoms with E-state index in [0.29, 0.717) is 0 Å². The number of aromatic nitrogens is 3. The van der Waals surface area contributed by atoms with Gasteiger partial charge in [-0.1, -0.05) is 13.7 Å². The van der Waals surface area contributed by atoms with Crippen molar-refractivity contribution in [3.05, 3.63) is 19.0 Å². The third-order valence-electron chi connectivity index (χ3n) is 1.99. The third-order valence-corrected chi connectivity index (χ3v) is 1.99. The summed E-state index contributed by atoms with van der Waals surface area (Å²) in [7, 11) is 0. The summed E-state index contributed by atoms with van der Waals surface area (Å²) in [5.74, 6) is 0. The standard InChI is InChI=1S/C9H18N3/c1-4-10-7-11(5-2)9-12(6-3)8-10/h7-9H,4-6H2,1-3H3/q+3. The van der Waals surface area contributed by atoms with Crippen LogP contribution in [0.1, 0.15) is 20.8 Å². The first-order chi connectivity index (χ1) is 5.80. The van der Waals surface area contributed by atoms with E-state index in [9.17, 15) is 0 Å². The largest absolute Gasteiger partial charge is 0.416 e. The van der Waals surface area contributed by atoms with Crippen molar-refractivity contribution in [2.45, 2.75) is 40.4 Å². The van der Waals surface area contributed by atoms with E-state index in [1.54, 1.807) is 0 Å². The van der Waals surface area contributed by atoms with Gasteiger partial charge in [-0.3, -0.25) is 0 Å². The zero-order valence-electron chi connectivity index (χ0n) is 8.20. The molecule has 1 rings (SSSR count). The molecule has 0 unspecified atom stereocenters. The van der Waals surface area contributed by atoms with Crippen molar-refractivity contribution < 1.29 is 13.7 Å². The van der Waals surface area contributed by atoms with Gasteiger partial charge in [0.15, 0.2) is 19.6 Å². The molecule has 0 aliphatic heterocycles. The van der Waals surface area contributed by atoms with Gasteiger partial charge < -0.3 is 0 Å². The maximum absolute atomic E-state index is 2.19. The van der Waals surface area contributed by atoms with Crippen LogP contribution in [0.25, 0.3) is 0 Å². The predicted molar refractivity (Wildman–Crippen MR) is 44.0 cm³/mol. The van der Waals surface area contributed by atoms with Gasteiger partial charge in [0.2, 0.25) is 0 Å². The van der Waals surface area contributed by atoms with Crippen molar-refractivity contribution in [2.75, 3.05) is 0 Å². The molecule has 0 radical (unpaired) electrons. The van der Waals surface area contributed by atoms with E-state index in [0.717, 1.165) is 19.6 Å². The average molecular weight is 168 g/mol. The lowest BCUT2D eigenvalue weighted by atomic mass is 10.6. The van der Waals surface area contributed by atoms with Gasteiger partial charge in [-0.2, -0.15) is 0 Å². The normalized spacial score (nSPS) is 10.2. The Balaban J connectivity index is 3.01.